The van der Waals surface area contributed by atoms with Crippen LogP contribution in [0.2, 0.25) is 0 Å². The number of ether oxygens (including phenoxy) is 1. The molecule has 2 aromatic carbocycles. The van der Waals surface area contributed by atoms with E-state index in [1.54, 1.807) is 31.2 Å². The predicted octanol–water partition coefficient (Wildman–Crippen LogP) is 2.97. The van der Waals surface area contributed by atoms with Crippen molar-refractivity contribution in [2.45, 2.75) is 25.4 Å². The first-order valence-electron chi connectivity index (χ1n) is 9.66. The van der Waals surface area contributed by atoms with E-state index >= 15 is 0 Å². The van der Waals surface area contributed by atoms with E-state index in [9.17, 15) is 14.4 Å². The van der Waals surface area contributed by atoms with E-state index < -0.39 is 5.97 Å². The second-order valence-corrected chi connectivity index (χ2v) is 7.67. The molecule has 1 amide bonds. The van der Waals surface area contributed by atoms with E-state index in [-0.39, 0.29) is 22.4 Å². The molecular weight excluding hydrogens is 416 g/mol. The van der Waals surface area contributed by atoms with Crippen molar-refractivity contribution >= 4 is 29.3 Å². The number of carbonyl (C=O) groups excluding carboxylic acids is 2. The highest BCUT2D eigenvalue weighted by Gasteiger charge is 2.10. The number of H-pyrrole nitrogens is 1. The molecular formula is C22H22N4O4S. The Labute approximate surface area is 183 Å². The number of thioether (sulfide) groups is 1. The molecule has 0 spiro atoms. The molecule has 0 saturated heterocycles. The van der Waals surface area contributed by atoms with Gasteiger partial charge in [0.2, 0.25) is 5.91 Å². The molecule has 0 aliphatic rings. The summed E-state index contributed by atoms with van der Waals surface area (Å²) in [5.41, 5.74) is 3.06. The first kappa shape index (κ1) is 22.2. The molecule has 8 nitrogen and oxygen atoms in total. The van der Waals surface area contributed by atoms with Crippen LogP contribution in [0.15, 0.2) is 58.5 Å². The lowest BCUT2D eigenvalue weighted by Gasteiger charge is -2.06. The Balaban J connectivity index is 1.53. The van der Waals surface area contributed by atoms with E-state index in [0.29, 0.717) is 30.0 Å². The second kappa shape index (κ2) is 10.5. The molecule has 0 aliphatic heterocycles. The topological polar surface area (TPSA) is 114 Å². The minimum Gasteiger partial charge on any atom is -0.462 e. The summed E-state index contributed by atoms with van der Waals surface area (Å²) in [6, 6.07) is 14.2. The lowest BCUT2D eigenvalue weighted by Crippen LogP contribution is -2.19. The maximum absolute atomic E-state index is 12.3. The lowest BCUT2D eigenvalue weighted by atomic mass is 10.1. The van der Waals surface area contributed by atoms with Crippen LogP contribution in [-0.2, 0) is 16.0 Å². The van der Waals surface area contributed by atoms with Crippen molar-refractivity contribution in [1.29, 1.82) is 0 Å². The number of anilines is 1. The smallest absolute Gasteiger partial charge is 0.338 e. The summed E-state index contributed by atoms with van der Waals surface area (Å²) in [5, 5.41) is 11.0. The highest BCUT2D eigenvalue weighted by molar-refractivity contribution is 7.99. The zero-order valence-electron chi connectivity index (χ0n) is 17.2. The molecule has 0 unspecified atom stereocenters. The summed E-state index contributed by atoms with van der Waals surface area (Å²) >= 11 is 1.08. The first-order valence-corrected chi connectivity index (χ1v) is 10.6. The highest BCUT2D eigenvalue weighted by Crippen LogP contribution is 2.14. The summed E-state index contributed by atoms with van der Waals surface area (Å²) in [6.07, 6.45) is 0.385. The maximum atomic E-state index is 12.3. The summed E-state index contributed by atoms with van der Waals surface area (Å²) in [5.74, 6) is -0.647. The summed E-state index contributed by atoms with van der Waals surface area (Å²) in [4.78, 5) is 38.7. The SMILES string of the molecule is CCOC(=O)c1ccc(NC(=O)CSc2nnc(Cc3ccc(C)cc3)c(=O)[nH]2)cc1. The number of nitrogens with zero attached hydrogens (tertiary/aromatic N) is 2. The number of aryl methyl sites for hydroxylation is 1. The van der Waals surface area contributed by atoms with Gasteiger partial charge in [0, 0.05) is 12.1 Å². The van der Waals surface area contributed by atoms with E-state index in [1.165, 1.54) is 0 Å². The number of esters is 1. The van der Waals surface area contributed by atoms with Crippen LogP contribution in [0.25, 0.3) is 0 Å². The van der Waals surface area contributed by atoms with Gasteiger partial charge in [-0.05, 0) is 43.7 Å². The monoisotopic (exact) mass is 438 g/mol. The molecule has 0 fully saturated rings. The highest BCUT2D eigenvalue weighted by atomic mass is 32.2. The Morgan fingerprint density at radius 1 is 1.06 bits per heavy atom. The average Bonchev–Trinajstić information content (AvgIpc) is 2.76. The number of aromatic nitrogens is 3. The summed E-state index contributed by atoms with van der Waals surface area (Å²) < 4.78 is 4.92. The molecule has 0 radical (unpaired) electrons. The largest absolute Gasteiger partial charge is 0.462 e. The van der Waals surface area contributed by atoms with Crippen molar-refractivity contribution in [3.8, 4) is 0 Å². The van der Waals surface area contributed by atoms with Gasteiger partial charge in [0.25, 0.3) is 5.56 Å². The van der Waals surface area contributed by atoms with Gasteiger partial charge in [-0.2, -0.15) is 0 Å². The molecule has 3 aromatic rings. The number of amides is 1. The Morgan fingerprint density at radius 2 is 1.77 bits per heavy atom. The number of benzene rings is 2. The van der Waals surface area contributed by atoms with Gasteiger partial charge in [-0.1, -0.05) is 41.6 Å². The molecule has 3 rings (SSSR count). The first-order chi connectivity index (χ1) is 14.9. The Morgan fingerprint density at radius 3 is 2.42 bits per heavy atom. The molecule has 31 heavy (non-hydrogen) atoms. The molecule has 1 heterocycles. The molecule has 0 aliphatic carbocycles. The van der Waals surface area contributed by atoms with Gasteiger partial charge in [0.1, 0.15) is 5.69 Å². The van der Waals surface area contributed by atoms with E-state index in [0.717, 1.165) is 22.9 Å². The molecule has 0 atom stereocenters. The maximum Gasteiger partial charge on any atom is 0.338 e. The lowest BCUT2D eigenvalue weighted by molar-refractivity contribution is -0.113. The van der Waals surface area contributed by atoms with Crippen LogP contribution < -0.4 is 10.9 Å². The van der Waals surface area contributed by atoms with Gasteiger partial charge in [0.05, 0.1) is 17.9 Å². The third-order valence-corrected chi connectivity index (χ3v) is 5.12. The standard InChI is InChI=1S/C22H22N4O4S/c1-3-30-21(29)16-8-10-17(11-9-16)23-19(27)13-31-22-24-20(28)18(25-26-22)12-15-6-4-14(2)5-7-15/h4-11H,3,12-13H2,1-2H3,(H,23,27)(H,24,26,28). The van der Waals surface area contributed by atoms with Crippen LogP contribution in [-0.4, -0.2) is 39.4 Å². The van der Waals surface area contributed by atoms with Crippen molar-refractivity contribution in [3.05, 3.63) is 81.3 Å². The molecule has 0 bridgehead atoms. The van der Waals surface area contributed by atoms with Gasteiger partial charge in [-0.3, -0.25) is 14.6 Å². The fourth-order valence-corrected chi connectivity index (χ4v) is 3.26. The molecule has 0 saturated carbocycles. The molecule has 9 heteroatoms. The van der Waals surface area contributed by atoms with E-state index in [2.05, 4.69) is 20.5 Å². The average molecular weight is 439 g/mol. The predicted molar refractivity (Wildman–Crippen MR) is 118 cm³/mol. The Hall–Kier alpha value is -3.46. The second-order valence-electron chi connectivity index (χ2n) is 6.70. The number of hydrogen-bond donors (Lipinski definition) is 2. The van der Waals surface area contributed by atoms with Crippen LogP contribution >= 0.6 is 11.8 Å². The fraction of sp³-hybridized carbons (Fsp3) is 0.227. The van der Waals surface area contributed by atoms with Gasteiger partial charge in [-0.15, -0.1) is 10.2 Å². The third kappa shape index (κ3) is 6.51. The number of aromatic amines is 1. The number of nitrogens with one attached hydrogen (secondary N) is 2. The van der Waals surface area contributed by atoms with Crippen LogP contribution in [0.3, 0.4) is 0 Å². The molecule has 2 N–H and O–H groups in total. The fourth-order valence-electron chi connectivity index (χ4n) is 2.66. The molecule has 160 valence electrons. The van der Waals surface area contributed by atoms with Crippen molar-refractivity contribution in [1.82, 2.24) is 15.2 Å². The van der Waals surface area contributed by atoms with Crippen molar-refractivity contribution in [3.63, 3.8) is 0 Å². The van der Waals surface area contributed by atoms with Gasteiger partial charge in [0.15, 0.2) is 5.16 Å². The number of hydrogen-bond acceptors (Lipinski definition) is 7. The van der Waals surface area contributed by atoms with Crippen LogP contribution in [0.1, 0.15) is 34.1 Å². The quantitative estimate of drug-likeness (QED) is 0.410. The number of rotatable bonds is 8. The Bertz CT molecular complexity index is 1110. The zero-order chi connectivity index (χ0) is 22.2. The van der Waals surface area contributed by atoms with Crippen molar-refractivity contribution in [2.75, 3.05) is 17.7 Å². The zero-order valence-corrected chi connectivity index (χ0v) is 18.0. The van der Waals surface area contributed by atoms with Gasteiger partial charge >= 0.3 is 5.97 Å². The molecule has 1 aromatic heterocycles. The van der Waals surface area contributed by atoms with Crippen LogP contribution in [0.5, 0.6) is 0 Å². The van der Waals surface area contributed by atoms with E-state index in [4.69, 9.17) is 4.74 Å². The third-order valence-electron chi connectivity index (χ3n) is 4.26. The Kier molecular flexibility index (Phi) is 7.55. The van der Waals surface area contributed by atoms with Crippen LogP contribution in [0.4, 0.5) is 5.69 Å². The summed E-state index contributed by atoms with van der Waals surface area (Å²) in [7, 11) is 0. The number of carbonyl (C=O) groups is 2. The van der Waals surface area contributed by atoms with Crippen molar-refractivity contribution < 1.29 is 14.3 Å². The van der Waals surface area contributed by atoms with Gasteiger partial charge < -0.3 is 10.1 Å². The summed E-state index contributed by atoms with van der Waals surface area (Å²) in [6.45, 7) is 4.03. The van der Waals surface area contributed by atoms with Crippen molar-refractivity contribution in [2.24, 2.45) is 0 Å². The minimum atomic E-state index is -0.413. The van der Waals surface area contributed by atoms with Crippen LogP contribution in [0, 0.1) is 6.92 Å². The van der Waals surface area contributed by atoms with Gasteiger partial charge in [-0.25, -0.2) is 4.79 Å². The normalized spacial score (nSPS) is 10.5. The minimum absolute atomic E-state index is 0.0432. The van der Waals surface area contributed by atoms with E-state index in [1.807, 2.05) is 31.2 Å².